The second-order valence-electron chi connectivity index (χ2n) is 3.14. The summed E-state index contributed by atoms with van der Waals surface area (Å²) < 4.78 is 0. The van der Waals surface area contributed by atoms with Crippen LogP contribution in [-0.4, -0.2) is 4.98 Å². The van der Waals surface area contributed by atoms with Gasteiger partial charge in [-0.1, -0.05) is 0 Å². The molecule has 1 aromatic heterocycles. The number of hydrogen-bond donors (Lipinski definition) is 2. The summed E-state index contributed by atoms with van der Waals surface area (Å²) in [6.45, 7) is 0. The second kappa shape index (κ2) is 3.11. The van der Waals surface area contributed by atoms with Crippen LogP contribution in [0.3, 0.4) is 0 Å². The zero-order chi connectivity index (χ0) is 8.39. The molecule has 1 aliphatic rings. The van der Waals surface area contributed by atoms with Crippen molar-refractivity contribution in [1.29, 1.82) is 0 Å². The highest BCUT2D eigenvalue weighted by Gasteiger charge is 2.12. The summed E-state index contributed by atoms with van der Waals surface area (Å²) in [5.41, 5.74) is 6.29. The Hall–Kier alpha value is -1.09. The van der Waals surface area contributed by atoms with E-state index in [1.54, 1.807) is 0 Å². The number of anilines is 1. The number of nitrogens with two attached hydrogens (primary N) is 1. The molecule has 3 heteroatoms. The smallest absolute Gasteiger partial charge is 0.0550 e. The van der Waals surface area contributed by atoms with Gasteiger partial charge in [-0.15, -0.1) is 0 Å². The average molecular weight is 163 g/mol. The average Bonchev–Trinajstić information content (AvgIpc) is 2.17. The van der Waals surface area contributed by atoms with E-state index in [9.17, 15) is 0 Å². The lowest BCUT2D eigenvalue weighted by molar-refractivity contribution is 0.669. The van der Waals surface area contributed by atoms with E-state index in [-0.39, 0.29) is 0 Å². The molecule has 0 aliphatic heterocycles. The van der Waals surface area contributed by atoms with Crippen molar-refractivity contribution in [2.24, 2.45) is 5.84 Å². The Labute approximate surface area is 72.0 Å². The molecule has 3 N–H and O–H groups in total. The van der Waals surface area contributed by atoms with E-state index >= 15 is 0 Å². The third-order valence-electron chi connectivity index (χ3n) is 2.39. The largest absolute Gasteiger partial charge is 0.324 e. The maximum absolute atomic E-state index is 5.40. The molecule has 1 aromatic rings. The molecule has 0 aromatic carbocycles. The Morgan fingerprint density at radius 2 is 2.17 bits per heavy atom. The number of rotatable bonds is 1. The number of fused-ring (bicyclic) bond motifs is 1. The van der Waals surface area contributed by atoms with Crippen molar-refractivity contribution >= 4 is 5.69 Å². The summed E-state index contributed by atoms with van der Waals surface area (Å²) in [5.74, 6) is 5.40. The van der Waals surface area contributed by atoms with Crippen LogP contribution in [0.25, 0.3) is 0 Å². The van der Waals surface area contributed by atoms with Crippen molar-refractivity contribution < 1.29 is 0 Å². The van der Waals surface area contributed by atoms with Gasteiger partial charge in [0.2, 0.25) is 0 Å². The summed E-state index contributed by atoms with van der Waals surface area (Å²) >= 11 is 0. The van der Waals surface area contributed by atoms with Crippen LogP contribution in [0.4, 0.5) is 5.69 Å². The molecule has 0 atom stereocenters. The molecular weight excluding hydrogens is 150 g/mol. The zero-order valence-electron chi connectivity index (χ0n) is 7.01. The molecule has 0 unspecified atom stereocenters. The molecule has 2 rings (SSSR count). The molecule has 0 bridgehead atoms. The summed E-state index contributed by atoms with van der Waals surface area (Å²) in [7, 11) is 0. The highest BCUT2D eigenvalue weighted by Crippen LogP contribution is 2.24. The number of pyridine rings is 1. The van der Waals surface area contributed by atoms with Crippen LogP contribution in [0, 0.1) is 0 Å². The lowest BCUT2D eigenvalue weighted by Gasteiger charge is -2.17. The quantitative estimate of drug-likeness (QED) is 0.484. The number of aromatic nitrogens is 1. The third-order valence-corrected chi connectivity index (χ3v) is 2.39. The van der Waals surface area contributed by atoms with Gasteiger partial charge < -0.3 is 5.43 Å². The molecular formula is C9H13N3. The van der Waals surface area contributed by atoms with Gasteiger partial charge in [0.1, 0.15) is 0 Å². The van der Waals surface area contributed by atoms with Crippen molar-refractivity contribution in [3.05, 3.63) is 23.5 Å². The van der Waals surface area contributed by atoms with Gasteiger partial charge in [0.25, 0.3) is 0 Å². The van der Waals surface area contributed by atoms with Gasteiger partial charge in [0.05, 0.1) is 5.69 Å². The number of nitrogen functional groups attached to an aromatic ring is 1. The van der Waals surface area contributed by atoms with Gasteiger partial charge in [0, 0.05) is 11.9 Å². The first-order valence-electron chi connectivity index (χ1n) is 4.35. The van der Waals surface area contributed by atoms with Crippen molar-refractivity contribution in [1.82, 2.24) is 4.98 Å². The van der Waals surface area contributed by atoms with Crippen LogP contribution in [0.2, 0.25) is 0 Å². The predicted octanol–water partition coefficient (Wildman–Crippen LogP) is 1.25. The van der Waals surface area contributed by atoms with Crippen LogP contribution < -0.4 is 11.3 Å². The number of nitrogens with zero attached hydrogens (tertiary/aromatic N) is 1. The van der Waals surface area contributed by atoms with Crippen molar-refractivity contribution in [3.63, 3.8) is 0 Å². The number of hydrogen-bond acceptors (Lipinski definition) is 3. The third kappa shape index (κ3) is 1.16. The van der Waals surface area contributed by atoms with E-state index in [4.69, 9.17) is 5.84 Å². The Bertz CT molecular complexity index is 269. The molecule has 0 fully saturated rings. The fourth-order valence-corrected chi connectivity index (χ4v) is 1.76. The van der Waals surface area contributed by atoms with Crippen LogP contribution in [0.5, 0.6) is 0 Å². The number of hydrazine groups is 1. The highest BCUT2D eigenvalue weighted by atomic mass is 15.2. The van der Waals surface area contributed by atoms with Crippen molar-refractivity contribution in [2.75, 3.05) is 5.43 Å². The Morgan fingerprint density at radius 3 is 3.00 bits per heavy atom. The minimum Gasteiger partial charge on any atom is -0.324 e. The molecule has 3 nitrogen and oxygen atoms in total. The minimum absolute atomic E-state index is 1.04. The van der Waals surface area contributed by atoms with Gasteiger partial charge in [-0.25, -0.2) is 0 Å². The second-order valence-corrected chi connectivity index (χ2v) is 3.14. The van der Waals surface area contributed by atoms with Gasteiger partial charge in [0.15, 0.2) is 0 Å². The van der Waals surface area contributed by atoms with E-state index in [1.165, 1.54) is 24.1 Å². The summed E-state index contributed by atoms with van der Waals surface area (Å²) in [6, 6.07) is 1.93. The standard InChI is InChI=1S/C9H13N3/c10-12-9-5-6-11-8-4-2-1-3-7(8)9/h5-6H,1-4,10H2,(H,11,12). The first-order valence-corrected chi connectivity index (χ1v) is 4.35. The Balaban J connectivity index is 2.44. The van der Waals surface area contributed by atoms with Crippen molar-refractivity contribution in [3.8, 4) is 0 Å². The molecule has 0 spiro atoms. The molecule has 1 aliphatic carbocycles. The minimum atomic E-state index is 1.04. The zero-order valence-corrected chi connectivity index (χ0v) is 7.01. The van der Waals surface area contributed by atoms with E-state index < -0.39 is 0 Å². The number of aryl methyl sites for hydroxylation is 1. The fraction of sp³-hybridized carbons (Fsp3) is 0.444. The molecule has 0 saturated heterocycles. The maximum Gasteiger partial charge on any atom is 0.0550 e. The monoisotopic (exact) mass is 163 g/mol. The van der Waals surface area contributed by atoms with Gasteiger partial charge >= 0.3 is 0 Å². The first-order chi connectivity index (χ1) is 5.92. The van der Waals surface area contributed by atoms with E-state index in [0.717, 1.165) is 18.5 Å². The summed E-state index contributed by atoms with van der Waals surface area (Å²) in [5, 5.41) is 0. The normalized spacial score (nSPS) is 15.4. The predicted molar refractivity (Wildman–Crippen MR) is 48.7 cm³/mol. The van der Waals surface area contributed by atoms with Crippen LogP contribution in [-0.2, 0) is 12.8 Å². The molecule has 12 heavy (non-hydrogen) atoms. The number of nitrogens with one attached hydrogen (secondary N) is 1. The van der Waals surface area contributed by atoms with Crippen LogP contribution in [0.15, 0.2) is 12.3 Å². The van der Waals surface area contributed by atoms with Gasteiger partial charge in [-0.2, -0.15) is 0 Å². The van der Waals surface area contributed by atoms with Crippen LogP contribution in [0.1, 0.15) is 24.1 Å². The molecule has 64 valence electrons. The van der Waals surface area contributed by atoms with Gasteiger partial charge in [-0.3, -0.25) is 10.8 Å². The van der Waals surface area contributed by atoms with Crippen molar-refractivity contribution in [2.45, 2.75) is 25.7 Å². The fourth-order valence-electron chi connectivity index (χ4n) is 1.76. The lowest BCUT2D eigenvalue weighted by atomic mass is 9.95. The Kier molecular flexibility index (Phi) is 1.96. The van der Waals surface area contributed by atoms with E-state index in [1.807, 2.05) is 12.3 Å². The molecule has 0 radical (unpaired) electrons. The Morgan fingerprint density at radius 1 is 1.33 bits per heavy atom. The molecule has 0 saturated carbocycles. The summed E-state index contributed by atoms with van der Waals surface area (Å²) in [4.78, 5) is 4.33. The highest BCUT2D eigenvalue weighted by molar-refractivity contribution is 5.52. The van der Waals surface area contributed by atoms with E-state index in [0.29, 0.717) is 0 Å². The lowest BCUT2D eigenvalue weighted by Crippen LogP contribution is -2.13. The SMILES string of the molecule is NNc1ccnc2c1CCCC2. The molecule has 0 amide bonds. The van der Waals surface area contributed by atoms with E-state index in [2.05, 4.69) is 10.4 Å². The topological polar surface area (TPSA) is 50.9 Å². The maximum atomic E-state index is 5.40. The van der Waals surface area contributed by atoms with Crippen LogP contribution >= 0.6 is 0 Å². The first kappa shape index (κ1) is 7.55. The van der Waals surface area contributed by atoms with Gasteiger partial charge in [-0.05, 0) is 37.3 Å². The molecule has 1 heterocycles. The summed E-state index contributed by atoms with van der Waals surface area (Å²) in [6.07, 6.45) is 6.55.